The Morgan fingerprint density at radius 3 is 2.60 bits per heavy atom. The van der Waals surface area contributed by atoms with E-state index in [9.17, 15) is 4.79 Å². The smallest absolute Gasteiger partial charge is 0.272 e. The van der Waals surface area contributed by atoms with Crippen molar-refractivity contribution in [3.8, 4) is 0 Å². The minimum atomic E-state index is -0.159. The summed E-state index contributed by atoms with van der Waals surface area (Å²) in [5, 5.41) is 2.90. The molecule has 2 N–H and O–H groups in total. The monoisotopic (exact) mass is 265 g/mol. The first-order valence-corrected chi connectivity index (χ1v) is 6.45. The molecule has 0 atom stereocenters. The highest BCUT2D eigenvalue weighted by Gasteiger charge is 2.10. The van der Waals surface area contributed by atoms with Crippen molar-refractivity contribution in [2.24, 2.45) is 0 Å². The van der Waals surface area contributed by atoms with Gasteiger partial charge in [0.25, 0.3) is 5.91 Å². The van der Waals surface area contributed by atoms with Gasteiger partial charge in [-0.25, -0.2) is 0 Å². The third kappa shape index (κ3) is 2.40. The molecule has 0 unspecified atom stereocenters. The maximum Gasteiger partial charge on any atom is 0.272 e. The molecule has 0 spiro atoms. The molecule has 4 heteroatoms. The lowest BCUT2D eigenvalue weighted by Gasteiger charge is -2.06. The molecule has 0 bridgehead atoms. The number of aromatic nitrogens is 2. The van der Waals surface area contributed by atoms with Gasteiger partial charge in [-0.05, 0) is 55.3 Å². The number of nitrogens with zero attached hydrogens (tertiary/aromatic N) is 1. The first kappa shape index (κ1) is 12.4. The number of aromatic amines is 1. The lowest BCUT2D eigenvalue weighted by atomic mass is 10.1. The van der Waals surface area contributed by atoms with E-state index in [0.29, 0.717) is 5.69 Å². The predicted molar refractivity (Wildman–Crippen MR) is 80.0 cm³/mol. The lowest BCUT2D eigenvalue weighted by Crippen LogP contribution is -2.12. The van der Waals surface area contributed by atoms with Crippen molar-refractivity contribution in [3.05, 3.63) is 59.4 Å². The van der Waals surface area contributed by atoms with Gasteiger partial charge in [0.15, 0.2) is 0 Å². The van der Waals surface area contributed by atoms with Gasteiger partial charge in [0.05, 0.1) is 11.0 Å². The Morgan fingerprint density at radius 2 is 1.90 bits per heavy atom. The minimum absolute atomic E-state index is 0.159. The van der Waals surface area contributed by atoms with E-state index in [1.807, 2.05) is 38.1 Å². The fourth-order valence-electron chi connectivity index (χ4n) is 2.32. The Balaban J connectivity index is 1.88. The lowest BCUT2D eigenvalue weighted by molar-refractivity contribution is 0.102. The highest BCUT2D eigenvalue weighted by Crippen LogP contribution is 2.16. The number of amides is 1. The average Bonchev–Trinajstić information content (AvgIpc) is 2.81. The first-order chi connectivity index (χ1) is 9.61. The van der Waals surface area contributed by atoms with Gasteiger partial charge >= 0.3 is 0 Å². The van der Waals surface area contributed by atoms with Crippen LogP contribution in [-0.2, 0) is 0 Å². The molecule has 3 aromatic rings. The van der Waals surface area contributed by atoms with Crippen molar-refractivity contribution < 1.29 is 4.79 Å². The molecule has 0 fully saturated rings. The summed E-state index contributed by atoms with van der Waals surface area (Å²) < 4.78 is 0. The summed E-state index contributed by atoms with van der Waals surface area (Å²) in [5.41, 5.74) is 5.21. The van der Waals surface area contributed by atoms with Gasteiger partial charge in [-0.1, -0.05) is 6.07 Å². The number of benzene rings is 1. The van der Waals surface area contributed by atoms with Crippen molar-refractivity contribution in [3.63, 3.8) is 0 Å². The SMILES string of the molecule is Cc1cc(C)cc(NC(=O)c2cc3ncccc3[nH]2)c1. The van der Waals surface area contributed by atoms with Crippen molar-refractivity contribution in [2.75, 3.05) is 5.32 Å². The van der Waals surface area contributed by atoms with Crippen LogP contribution in [0.2, 0.25) is 0 Å². The Hall–Kier alpha value is -2.62. The fourth-order valence-corrected chi connectivity index (χ4v) is 2.32. The quantitative estimate of drug-likeness (QED) is 0.745. The van der Waals surface area contributed by atoms with Crippen LogP contribution < -0.4 is 5.32 Å². The number of pyridine rings is 1. The van der Waals surface area contributed by atoms with E-state index in [2.05, 4.69) is 21.4 Å². The highest BCUT2D eigenvalue weighted by atomic mass is 16.1. The molecule has 0 aliphatic carbocycles. The zero-order chi connectivity index (χ0) is 14.1. The number of nitrogens with one attached hydrogen (secondary N) is 2. The molecular weight excluding hydrogens is 250 g/mol. The molecule has 2 heterocycles. The summed E-state index contributed by atoms with van der Waals surface area (Å²) in [6, 6.07) is 11.5. The van der Waals surface area contributed by atoms with Crippen molar-refractivity contribution in [1.29, 1.82) is 0 Å². The summed E-state index contributed by atoms with van der Waals surface area (Å²) in [6.45, 7) is 4.02. The third-order valence-electron chi connectivity index (χ3n) is 3.11. The van der Waals surface area contributed by atoms with E-state index in [1.165, 1.54) is 0 Å². The molecule has 0 aliphatic rings. The maximum atomic E-state index is 12.2. The van der Waals surface area contributed by atoms with Crippen molar-refractivity contribution in [2.45, 2.75) is 13.8 Å². The molecule has 20 heavy (non-hydrogen) atoms. The van der Waals surface area contributed by atoms with Gasteiger partial charge < -0.3 is 10.3 Å². The fraction of sp³-hybridized carbons (Fsp3) is 0.125. The van der Waals surface area contributed by atoms with E-state index in [-0.39, 0.29) is 5.91 Å². The van der Waals surface area contributed by atoms with Crippen molar-refractivity contribution in [1.82, 2.24) is 9.97 Å². The Labute approximate surface area is 116 Å². The van der Waals surface area contributed by atoms with E-state index < -0.39 is 0 Å². The summed E-state index contributed by atoms with van der Waals surface area (Å²) in [7, 11) is 0. The number of carbonyl (C=O) groups excluding carboxylic acids is 1. The first-order valence-electron chi connectivity index (χ1n) is 6.45. The summed E-state index contributed by atoms with van der Waals surface area (Å²) in [6.07, 6.45) is 1.71. The molecule has 100 valence electrons. The van der Waals surface area contributed by atoms with Gasteiger partial charge in [-0.3, -0.25) is 9.78 Å². The second-order valence-electron chi connectivity index (χ2n) is 4.95. The zero-order valence-electron chi connectivity index (χ0n) is 11.4. The summed E-state index contributed by atoms with van der Waals surface area (Å²) in [5.74, 6) is -0.159. The molecule has 2 aromatic heterocycles. The van der Waals surface area contributed by atoms with Crippen LogP contribution in [0.5, 0.6) is 0 Å². The van der Waals surface area contributed by atoms with Crippen LogP contribution in [0, 0.1) is 13.8 Å². The molecule has 0 saturated heterocycles. The van der Waals surface area contributed by atoms with Crippen LogP contribution in [0.4, 0.5) is 5.69 Å². The van der Waals surface area contributed by atoms with Gasteiger partial charge in [0.1, 0.15) is 5.69 Å². The number of hydrogen-bond donors (Lipinski definition) is 2. The van der Waals surface area contributed by atoms with Gasteiger partial charge in [-0.2, -0.15) is 0 Å². The number of anilines is 1. The molecule has 4 nitrogen and oxygen atoms in total. The standard InChI is InChI=1S/C16H15N3O/c1-10-6-11(2)8-12(7-10)18-16(20)15-9-14-13(19-15)4-3-5-17-14/h3-9,19H,1-2H3,(H,18,20). The van der Waals surface area contributed by atoms with Crippen LogP contribution in [0.15, 0.2) is 42.6 Å². The van der Waals surface area contributed by atoms with Crippen molar-refractivity contribution >= 4 is 22.6 Å². The Bertz CT molecular complexity index is 736. The highest BCUT2D eigenvalue weighted by molar-refractivity contribution is 6.05. The zero-order valence-corrected chi connectivity index (χ0v) is 11.4. The maximum absolute atomic E-state index is 12.2. The summed E-state index contributed by atoms with van der Waals surface area (Å²) >= 11 is 0. The van der Waals surface area contributed by atoms with Crippen LogP contribution in [-0.4, -0.2) is 15.9 Å². The number of hydrogen-bond acceptors (Lipinski definition) is 2. The van der Waals surface area contributed by atoms with E-state index in [4.69, 9.17) is 0 Å². The number of carbonyl (C=O) groups is 1. The van der Waals surface area contributed by atoms with Crippen LogP contribution in [0.3, 0.4) is 0 Å². The minimum Gasteiger partial charge on any atom is -0.349 e. The van der Waals surface area contributed by atoms with Crippen LogP contribution >= 0.6 is 0 Å². The van der Waals surface area contributed by atoms with Gasteiger partial charge in [0.2, 0.25) is 0 Å². The molecule has 0 aliphatic heterocycles. The molecule has 1 aromatic carbocycles. The van der Waals surface area contributed by atoms with Crippen LogP contribution in [0.1, 0.15) is 21.6 Å². The van der Waals surface area contributed by atoms with E-state index in [1.54, 1.807) is 12.3 Å². The van der Waals surface area contributed by atoms with Crippen LogP contribution in [0.25, 0.3) is 11.0 Å². The number of fused-ring (bicyclic) bond motifs is 1. The topological polar surface area (TPSA) is 57.8 Å². The third-order valence-corrected chi connectivity index (χ3v) is 3.11. The largest absolute Gasteiger partial charge is 0.349 e. The molecule has 0 saturated carbocycles. The van der Waals surface area contributed by atoms with Gasteiger partial charge in [0, 0.05) is 11.9 Å². The predicted octanol–water partition coefficient (Wildman–Crippen LogP) is 3.43. The average molecular weight is 265 g/mol. The Morgan fingerprint density at radius 1 is 1.15 bits per heavy atom. The molecule has 3 rings (SSSR count). The van der Waals surface area contributed by atoms with Gasteiger partial charge in [-0.15, -0.1) is 0 Å². The normalized spacial score (nSPS) is 10.7. The second-order valence-corrected chi connectivity index (χ2v) is 4.95. The van der Waals surface area contributed by atoms with E-state index in [0.717, 1.165) is 27.8 Å². The molecule has 0 radical (unpaired) electrons. The number of aryl methyl sites for hydroxylation is 2. The second kappa shape index (κ2) is 4.81. The van der Waals surface area contributed by atoms with E-state index >= 15 is 0 Å². The number of H-pyrrole nitrogens is 1. The number of rotatable bonds is 2. The Kier molecular flexibility index (Phi) is 2.99. The molecule has 1 amide bonds. The summed E-state index contributed by atoms with van der Waals surface area (Å²) in [4.78, 5) is 19.5. The molecular formula is C16H15N3O.